The van der Waals surface area contributed by atoms with Crippen LogP contribution in [0.25, 0.3) is 0 Å². The smallest absolute Gasteiger partial charge is 0.215 e. The minimum Gasteiger partial charge on any atom is -0.497 e. The molecule has 2 aliphatic heterocycles. The molecule has 0 fully saturated rings. The number of rotatable bonds is 3. The summed E-state index contributed by atoms with van der Waals surface area (Å²) in [5.74, 6) is 1.72. The van der Waals surface area contributed by atoms with Gasteiger partial charge in [0.2, 0.25) is 6.23 Å². The highest BCUT2D eigenvalue weighted by Crippen LogP contribution is 2.49. The normalized spacial score (nSPS) is 20.5. The Morgan fingerprint density at radius 2 is 2.04 bits per heavy atom. The van der Waals surface area contributed by atoms with Gasteiger partial charge < -0.3 is 9.47 Å². The molecule has 0 spiro atoms. The van der Waals surface area contributed by atoms with Crippen LogP contribution in [0.5, 0.6) is 11.5 Å². The van der Waals surface area contributed by atoms with Crippen LogP contribution in [0.2, 0.25) is 0 Å². The van der Waals surface area contributed by atoms with Gasteiger partial charge in [0, 0.05) is 22.0 Å². The zero-order valence-corrected chi connectivity index (χ0v) is 17.0. The third-order valence-corrected chi connectivity index (χ3v) is 6.61. The van der Waals surface area contributed by atoms with E-state index in [1.807, 2.05) is 30.3 Å². The zero-order valence-electron chi connectivity index (χ0n) is 14.6. The third kappa shape index (κ3) is 2.84. The van der Waals surface area contributed by atoms with E-state index >= 15 is 0 Å². The van der Waals surface area contributed by atoms with Gasteiger partial charge in [0.15, 0.2) is 0 Å². The number of methoxy groups -OCH3 is 1. The van der Waals surface area contributed by atoms with Crippen molar-refractivity contribution in [3.63, 3.8) is 0 Å². The second-order valence-electron chi connectivity index (χ2n) is 6.52. The molecule has 0 saturated heterocycles. The number of thiophene rings is 1. The molecule has 6 heteroatoms. The Kier molecular flexibility index (Phi) is 4.17. The van der Waals surface area contributed by atoms with Gasteiger partial charge in [-0.1, -0.05) is 40.2 Å². The van der Waals surface area contributed by atoms with E-state index in [2.05, 4.69) is 50.6 Å². The highest BCUT2D eigenvalue weighted by molar-refractivity contribution is 9.10. The van der Waals surface area contributed by atoms with E-state index in [4.69, 9.17) is 14.6 Å². The number of hydrazone groups is 1. The number of ether oxygens (including phenoxy) is 2. The summed E-state index contributed by atoms with van der Waals surface area (Å²) in [5, 5.41) is 9.17. The largest absolute Gasteiger partial charge is 0.497 e. The first-order valence-corrected chi connectivity index (χ1v) is 10.4. The molecule has 0 saturated carbocycles. The van der Waals surface area contributed by atoms with Gasteiger partial charge >= 0.3 is 0 Å². The second-order valence-corrected chi connectivity index (χ2v) is 8.32. The zero-order chi connectivity index (χ0) is 18.4. The van der Waals surface area contributed by atoms with E-state index in [1.54, 1.807) is 18.4 Å². The minimum absolute atomic E-state index is 0.162. The topological polar surface area (TPSA) is 34.1 Å². The van der Waals surface area contributed by atoms with Crippen LogP contribution in [0.3, 0.4) is 0 Å². The van der Waals surface area contributed by atoms with Gasteiger partial charge in [-0.05, 0) is 35.7 Å². The lowest BCUT2D eigenvalue weighted by molar-refractivity contribution is -0.0196. The molecule has 3 heterocycles. The van der Waals surface area contributed by atoms with Crippen LogP contribution in [-0.2, 0) is 0 Å². The summed E-state index contributed by atoms with van der Waals surface area (Å²) in [4.78, 5) is 1.21. The Morgan fingerprint density at radius 1 is 1.15 bits per heavy atom. The molecule has 2 aromatic carbocycles. The second kappa shape index (κ2) is 6.69. The lowest BCUT2D eigenvalue weighted by Gasteiger charge is -2.38. The van der Waals surface area contributed by atoms with Crippen molar-refractivity contribution < 1.29 is 9.47 Å². The van der Waals surface area contributed by atoms with Crippen LogP contribution in [0.1, 0.15) is 34.7 Å². The summed E-state index contributed by atoms with van der Waals surface area (Å²) in [7, 11) is 1.68. The van der Waals surface area contributed by atoms with Gasteiger partial charge in [-0.25, -0.2) is 5.01 Å². The van der Waals surface area contributed by atoms with E-state index in [-0.39, 0.29) is 12.3 Å². The average Bonchev–Trinajstić information content (AvgIpc) is 3.37. The number of hydrogen-bond acceptors (Lipinski definition) is 5. The lowest BCUT2D eigenvalue weighted by Crippen LogP contribution is -2.33. The van der Waals surface area contributed by atoms with E-state index < -0.39 is 0 Å². The maximum Gasteiger partial charge on any atom is 0.215 e. The molecule has 3 aromatic rings. The van der Waals surface area contributed by atoms with E-state index in [1.165, 1.54) is 10.4 Å². The summed E-state index contributed by atoms with van der Waals surface area (Å²) in [6.07, 6.45) is 0.561. The Balaban J connectivity index is 1.63. The minimum atomic E-state index is -0.313. The summed E-state index contributed by atoms with van der Waals surface area (Å²) < 4.78 is 12.8. The van der Waals surface area contributed by atoms with Crippen molar-refractivity contribution >= 4 is 33.0 Å². The van der Waals surface area contributed by atoms with Gasteiger partial charge in [0.1, 0.15) is 11.5 Å². The Bertz CT molecular complexity index is 1020. The fourth-order valence-electron chi connectivity index (χ4n) is 3.67. The molecule has 27 heavy (non-hydrogen) atoms. The van der Waals surface area contributed by atoms with Crippen LogP contribution in [0, 0.1) is 0 Å². The SMILES string of the molecule is COc1ccc(Br)c([C@@H]2Oc3ccccc3[C@@H]3CC(c4cccs4)=NN32)c1. The van der Waals surface area contributed by atoms with Gasteiger partial charge in [-0.3, -0.25) is 0 Å². The molecule has 0 radical (unpaired) electrons. The molecule has 1 aromatic heterocycles. The van der Waals surface area contributed by atoms with Crippen LogP contribution >= 0.6 is 27.3 Å². The maximum absolute atomic E-state index is 6.41. The number of benzene rings is 2. The van der Waals surface area contributed by atoms with Crippen molar-refractivity contribution in [2.75, 3.05) is 7.11 Å². The summed E-state index contributed by atoms with van der Waals surface area (Å²) >= 11 is 5.40. The standard InChI is InChI=1S/C21H17BrN2O2S/c1-25-13-8-9-16(22)15(11-13)21-24-18(14-5-2-3-6-19(14)26-21)12-17(23-24)20-7-4-10-27-20/h2-11,18,21H,12H2,1H3/t18-,21-/m0/s1. The molecule has 0 aliphatic carbocycles. The molecule has 0 unspecified atom stereocenters. The molecule has 0 N–H and O–H groups in total. The molecule has 136 valence electrons. The highest BCUT2D eigenvalue weighted by atomic mass is 79.9. The number of para-hydroxylation sites is 1. The van der Waals surface area contributed by atoms with Crippen LogP contribution in [0.15, 0.2) is 69.6 Å². The lowest BCUT2D eigenvalue weighted by atomic mass is 9.97. The van der Waals surface area contributed by atoms with Gasteiger partial charge in [-0.15, -0.1) is 11.3 Å². The first-order valence-electron chi connectivity index (χ1n) is 8.73. The van der Waals surface area contributed by atoms with Crippen molar-refractivity contribution in [1.29, 1.82) is 0 Å². The molecule has 0 amide bonds. The van der Waals surface area contributed by atoms with Crippen molar-refractivity contribution in [2.45, 2.75) is 18.7 Å². The van der Waals surface area contributed by atoms with E-state index in [0.717, 1.165) is 33.7 Å². The quantitative estimate of drug-likeness (QED) is 0.518. The van der Waals surface area contributed by atoms with Crippen molar-refractivity contribution in [1.82, 2.24) is 5.01 Å². The highest BCUT2D eigenvalue weighted by Gasteiger charge is 2.41. The molecular weight excluding hydrogens is 424 g/mol. The number of halogens is 1. The van der Waals surface area contributed by atoms with Crippen molar-refractivity contribution in [3.8, 4) is 11.5 Å². The van der Waals surface area contributed by atoms with Crippen molar-refractivity contribution in [3.05, 3.63) is 80.5 Å². The van der Waals surface area contributed by atoms with Crippen LogP contribution in [-0.4, -0.2) is 17.8 Å². The molecule has 2 atom stereocenters. The maximum atomic E-state index is 6.41. The van der Waals surface area contributed by atoms with E-state index in [9.17, 15) is 0 Å². The molecular formula is C21H17BrN2O2S. The summed E-state index contributed by atoms with van der Waals surface area (Å²) in [6, 6.07) is 18.6. The van der Waals surface area contributed by atoms with Gasteiger partial charge in [0.25, 0.3) is 0 Å². The molecule has 4 nitrogen and oxygen atoms in total. The average molecular weight is 441 g/mol. The summed E-state index contributed by atoms with van der Waals surface area (Å²) in [6.45, 7) is 0. The van der Waals surface area contributed by atoms with Crippen LogP contribution in [0.4, 0.5) is 0 Å². The fourth-order valence-corrected chi connectivity index (χ4v) is 4.83. The van der Waals surface area contributed by atoms with Crippen molar-refractivity contribution in [2.24, 2.45) is 5.10 Å². The fraction of sp³-hybridized carbons (Fsp3) is 0.190. The Morgan fingerprint density at radius 3 is 2.85 bits per heavy atom. The van der Waals surface area contributed by atoms with Gasteiger partial charge in [-0.2, -0.15) is 5.10 Å². The van der Waals surface area contributed by atoms with Gasteiger partial charge in [0.05, 0.1) is 23.7 Å². The monoisotopic (exact) mass is 440 g/mol. The predicted octanol–water partition coefficient (Wildman–Crippen LogP) is 5.76. The molecule has 5 rings (SSSR count). The van der Waals surface area contributed by atoms with E-state index in [0.29, 0.717) is 0 Å². The Hall–Kier alpha value is -2.31. The summed E-state index contributed by atoms with van der Waals surface area (Å²) in [5.41, 5.74) is 3.30. The molecule has 2 aliphatic rings. The predicted molar refractivity (Wildman–Crippen MR) is 111 cm³/mol. The number of hydrogen-bond donors (Lipinski definition) is 0. The first-order chi connectivity index (χ1) is 13.2. The molecule has 0 bridgehead atoms. The van der Waals surface area contributed by atoms with Crippen LogP contribution < -0.4 is 9.47 Å². The Labute approximate surface area is 170 Å². The number of fused-ring (bicyclic) bond motifs is 3. The first kappa shape index (κ1) is 16.8. The third-order valence-electron chi connectivity index (χ3n) is 4.97. The number of nitrogens with zero attached hydrogens (tertiary/aromatic N) is 2.